The maximum Gasteiger partial charge on any atom is 0.573 e. The molecule has 0 saturated heterocycles. The summed E-state index contributed by atoms with van der Waals surface area (Å²) in [5, 5.41) is 25.6. The lowest BCUT2D eigenvalue weighted by molar-refractivity contribution is -0.275. The number of para-hydroxylation sites is 2. The molecular formula is C34H20F6O4. The zero-order valence-corrected chi connectivity index (χ0v) is 22.4. The minimum absolute atomic E-state index is 0.0201. The standard InChI is InChI=1S/C34H20F6O4/c35-33(36,37)43-27-15-7-5-13-23(27)25-17-19-9-1-3-11-21(19)29(31(25)41)30-22-12-4-2-10-20(22)18-26(32(30)42)24-14-6-8-16-28(24)44-34(38,39)40/h1-18,41-42H. The number of halogens is 6. The Morgan fingerprint density at radius 1 is 0.432 bits per heavy atom. The molecule has 6 aromatic carbocycles. The van der Waals surface area contributed by atoms with Crippen molar-refractivity contribution in [2.75, 3.05) is 0 Å². The molecule has 0 unspecified atom stereocenters. The highest BCUT2D eigenvalue weighted by Crippen LogP contribution is 2.53. The van der Waals surface area contributed by atoms with Crippen LogP contribution in [0.15, 0.2) is 109 Å². The molecule has 0 aromatic heterocycles. The van der Waals surface area contributed by atoms with Gasteiger partial charge in [-0.25, -0.2) is 0 Å². The van der Waals surface area contributed by atoms with Crippen LogP contribution in [0, 0.1) is 0 Å². The molecule has 0 radical (unpaired) electrons. The second-order valence-corrected chi connectivity index (χ2v) is 9.83. The molecule has 0 aliphatic heterocycles. The number of aromatic hydroxyl groups is 2. The van der Waals surface area contributed by atoms with Gasteiger partial charge in [-0.2, -0.15) is 0 Å². The normalized spacial score (nSPS) is 12.0. The second kappa shape index (κ2) is 10.7. The Bertz CT molecular complexity index is 1890. The molecule has 2 N–H and O–H groups in total. The molecule has 0 saturated carbocycles. The van der Waals surface area contributed by atoms with Crippen molar-refractivity contribution in [1.82, 2.24) is 0 Å². The SMILES string of the molecule is Oc1c(-c2ccccc2OC(F)(F)F)cc2ccccc2c1-c1c(O)c(-c2ccccc2OC(F)(F)F)cc2ccccc12. The topological polar surface area (TPSA) is 58.9 Å². The van der Waals surface area contributed by atoms with Crippen LogP contribution in [0.3, 0.4) is 0 Å². The Hall–Kier alpha value is -5.38. The lowest BCUT2D eigenvalue weighted by Crippen LogP contribution is -2.17. The van der Waals surface area contributed by atoms with Gasteiger partial charge in [0.15, 0.2) is 0 Å². The summed E-state index contributed by atoms with van der Waals surface area (Å²) in [6, 6.07) is 27.1. The number of hydrogen-bond acceptors (Lipinski definition) is 4. The lowest BCUT2D eigenvalue weighted by atomic mass is 9.86. The molecule has 4 nitrogen and oxygen atoms in total. The highest BCUT2D eigenvalue weighted by molar-refractivity contribution is 6.14. The van der Waals surface area contributed by atoms with E-state index in [1.54, 1.807) is 48.5 Å². The molecule has 0 amide bonds. The van der Waals surface area contributed by atoms with Crippen LogP contribution in [0.1, 0.15) is 0 Å². The number of phenolic OH excluding ortho intramolecular Hbond substituents is 2. The first kappa shape index (κ1) is 28.7. The maximum atomic E-state index is 13.3. The monoisotopic (exact) mass is 606 g/mol. The largest absolute Gasteiger partial charge is 0.573 e. The fourth-order valence-electron chi connectivity index (χ4n) is 5.40. The third kappa shape index (κ3) is 5.42. The van der Waals surface area contributed by atoms with Gasteiger partial charge < -0.3 is 19.7 Å². The van der Waals surface area contributed by atoms with Crippen molar-refractivity contribution in [3.05, 3.63) is 109 Å². The van der Waals surface area contributed by atoms with Crippen LogP contribution >= 0.6 is 0 Å². The molecule has 0 fully saturated rings. The molecule has 0 aliphatic carbocycles. The van der Waals surface area contributed by atoms with E-state index in [1.807, 2.05) is 0 Å². The van der Waals surface area contributed by atoms with Crippen molar-refractivity contribution < 1.29 is 46.0 Å². The van der Waals surface area contributed by atoms with E-state index in [0.717, 1.165) is 12.1 Å². The van der Waals surface area contributed by atoms with Gasteiger partial charge in [0, 0.05) is 33.4 Å². The smallest absolute Gasteiger partial charge is 0.507 e. The molecule has 222 valence electrons. The molecule has 6 rings (SSSR count). The molecular weight excluding hydrogens is 586 g/mol. The number of ether oxygens (including phenoxy) is 2. The summed E-state index contributed by atoms with van der Waals surface area (Å²) in [5.41, 5.74) is -0.0627. The minimum Gasteiger partial charge on any atom is -0.507 e. The van der Waals surface area contributed by atoms with Crippen molar-refractivity contribution >= 4 is 21.5 Å². The predicted octanol–water partition coefficient (Wildman–Crippen LogP) is 10.2. The van der Waals surface area contributed by atoms with Crippen LogP contribution in [0.4, 0.5) is 26.3 Å². The van der Waals surface area contributed by atoms with E-state index in [4.69, 9.17) is 0 Å². The summed E-state index contributed by atoms with van der Waals surface area (Å²) in [7, 11) is 0. The van der Waals surface area contributed by atoms with Crippen molar-refractivity contribution in [2.45, 2.75) is 12.7 Å². The summed E-state index contributed by atoms with van der Waals surface area (Å²) >= 11 is 0. The Labute approximate surface area is 246 Å². The van der Waals surface area contributed by atoms with Crippen LogP contribution in [0.5, 0.6) is 23.0 Å². The van der Waals surface area contributed by atoms with E-state index >= 15 is 0 Å². The minimum atomic E-state index is -5.01. The Kier molecular flexibility index (Phi) is 6.99. The van der Waals surface area contributed by atoms with Gasteiger partial charge in [0.2, 0.25) is 0 Å². The average molecular weight is 607 g/mol. The van der Waals surface area contributed by atoms with E-state index in [2.05, 4.69) is 9.47 Å². The highest BCUT2D eigenvalue weighted by atomic mass is 19.4. The number of alkyl halides is 6. The molecule has 44 heavy (non-hydrogen) atoms. The fraction of sp³-hybridized carbons (Fsp3) is 0.0588. The third-order valence-electron chi connectivity index (χ3n) is 7.10. The Morgan fingerprint density at radius 3 is 1.16 bits per heavy atom. The number of phenols is 2. The van der Waals surface area contributed by atoms with Gasteiger partial charge in [0.25, 0.3) is 0 Å². The fourth-order valence-corrected chi connectivity index (χ4v) is 5.40. The molecule has 0 bridgehead atoms. The average Bonchev–Trinajstić information content (AvgIpc) is 2.96. The van der Waals surface area contributed by atoms with Crippen LogP contribution in [-0.2, 0) is 0 Å². The molecule has 10 heteroatoms. The van der Waals surface area contributed by atoms with Crippen molar-refractivity contribution in [1.29, 1.82) is 0 Å². The quantitative estimate of drug-likeness (QED) is 0.192. The number of fused-ring (bicyclic) bond motifs is 2. The number of rotatable bonds is 5. The van der Waals surface area contributed by atoms with E-state index in [0.29, 0.717) is 21.5 Å². The molecule has 6 aromatic rings. The molecule has 0 heterocycles. The van der Waals surface area contributed by atoms with Gasteiger partial charge in [-0.15, -0.1) is 26.3 Å². The van der Waals surface area contributed by atoms with Crippen LogP contribution < -0.4 is 9.47 Å². The summed E-state index contributed by atoms with van der Waals surface area (Å²) in [5.74, 6) is -2.06. The third-order valence-corrected chi connectivity index (χ3v) is 7.10. The summed E-state index contributed by atoms with van der Waals surface area (Å²) in [4.78, 5) is 0. The van der Waals surface area contributed by atoms with E-state index < -0.39 is 35.7 Å². The summed E-state index contributed by atoms with van der Waals surface area (Å²) in [6.07, 6.45) is -10.0. The zero-order chi connectivity index (χ0) is 31.2. The number of benzene rings is 6. The molecule has 0 spiro atoms. The first-order valence-electron chi connectivity index (χ1n) is 13.1. The van der Waals surface area contributed by atoms with Gasteiger partial charge in [-0.1, -0.05) is 84.9 Å². The van der Waals surface area contributed by atoms with Gasteiger partial charge in [-0.3, -0.25) is 0 Å². The van der Waals surface area contributed by atoms with Crippen LogP contribution in [0.25, 0.3) is 54.9 Å². The van der Waals surface area contributed by atoms with Gasteiger partial charge in [-0.05, 0) is 45.8 Å². The molecule has 0 aliphatic rings. The highest BCUT2D eigenvalue weighted by Gasteiger charge is 2.34. The summed E-state index contributed by atoms with van der Waals surface area (Å²) < 4.78 is 88.3. The number of hydrogen-bond donors (Lipinski definition) is 2. The first-order valence-corrected chi connectivity index (χ1v) is 13.1. The van der Waals surface area contributed by atoms with Gasteiger partial charge >= 0.3 is 12.7 Å². The first-order chi connectivity index (χ1) is 20.9. The second-order valence-electron chi connectivity index (χ2n) is 9.83. The Balaban J connectivity index is 1.71. The van der Waals surface area contributed by atoms with Crippen molar-refractivity contribution in [3.63, 3.8) is 0 Å². The van der Waals surface area contributed by atoms with Crippen LogP contribution in [-0.4, -0.2) is 22.9 Å². The maximum absolute atomic E-state index is 13.3. The molecule has 0 atom stereocenters. The summed E-state index contributed by atoms with van der Waals surface area (Å²) in [6.45, 7) is 0. The van der Waals surface area contributed by atoms with Gasteiger partial charge in [0.05, 0.1) is 0 Å². The zero-order valence-electron chi connectivity index (χ0n) is 22.4. The lowest BCUT2D eigenvalue weighted by Gasteiger charge is -2.21. The van der Waals surface area contributed by atoms with E-state index in [1.165, 1.54) is 48.5 Å². The van der Waals surface area contributed by atoms with Gasteiger partial charge in [0.1, 0.15) is 23.0 Å². The van der Waals surface area contributed by atoms with Crippen molar-refractivity contribution in [3.8, 4) is 56.4 Å². The van der Waals surface area contributed by atoms with Crippen molar-refractivity contribution in [2.24, 2.45) is 0 Å². The Morgan fingerprint density at radius 2 is 0.773 bits per heavy atom. The van der Waals surface area contributed by atoms with E-state index in [9.17, 15) is 36.6 Å². The van der Waals surface area contributed by atoms with Crippen LogP contribution in [0.2, 0.25) is 0 Å². The van der Waals surface area contributed by atoms with E-state index in [-0.39, 0.29) is 33.4 Å². The predicted molar refractivity (Wildman–Crippen MR) is 154 cm³/mol.